The third-order valence-corrected chi connectivity index (χ3v) is 7.51. The highest BCUT2D eigenvalue weighted by Gasteiger charge is 2.37. The van der Waals surface area contributed by atoms with E-state index in [1.54, 1.807) is 0 Å². The molecule has 0 unspecified atom stereocenters. The molecule has 2 heterocycles. The largest absolute Gasteiger partial charge is 0.482 e. The highest BCUT2D eigenvalue weighted by Crippen LogP contribution is 2.43. The zero-order valence-electron chi connectivity index (χ0n) is 22.1. The minimum absolute atomic E-state index is 0.0543. The molecule has 0 bridgehead atoms. The van der Waals surface area contributed by atoms with Crippen molar-refractivity contribution in [2.24, 2.45) is 0 Å². The van der Waals surface area contributed by atoms with Gasteiger partial charge in [-0.1, -0.05) is 38.3 Å². The second-order valence-corrected chi connectivity index (χ2v) is 9.97. The summed E-state index contributed by atoms with van der Waals surface area (Å²) in [6.45, 7) is 9.38. The van der Waals surface area contributed by atoms with Crippen LogP contribution in [0.2, 0.25) is 0 Å². The Labute approximate surface area is 215 Å². The van der Waals surface area contributed by atoms with Crippen LogP contribution in [-0.2, 0) is 0 Å². The first-order valence-electron chi connectivity index (χ1n) is 13.7. The Hall–Kier alpha value is -2.92. The van der Waals surface area contributed by atoms with Gasteiger partial charge in [0, 0.05) is 49.0 Å². The number of amides is 1. The van der Waals surface area contributed by atoms with Crippen molar-refractivity contribution in [1.29, 1.82) is 0 Å². The van der Waals surface area contributed by atoms with Gasteiger partial charge in [-0.3, -0.25) is 9.59 Å². The molecule has 4 rings (SSSR count). The molecule has 2 aromatic carbocycles. The summed E-state index contributed by atoms with van der Waals surface area (Å²) in [6.07, 6.45) is 8.98. The Morgan fingerprint density at radius 1 is 0.917 bits per heavy atom. The molecule has 2 aromatic rings. The molecular weight excluding hydrogens is 448 g/mol. The Morgan fingerprint density at radius 3 is 2.28 bits per heavy atom. The predicted octanol–water partition coefficient (Wildman–Crippen LogP) is 6.27. The molecule has 0 radical (unpaired) electrons. The summed E-state index contributed by atoms with van der Waals surface area (Å²) in [6, 6.07) is 13.8. The molecule has 0 atom stereocenters. The average molecular weight is 489 g/mol. The lowest BCUT2D eigenvalue weighted by Gasteiger charge is -2.40. The molecule has 1 amide bonds. The van der Waals surface area contributed by atoms with E-state index in [4.69, 9.17) is 4.74 Å². The summed E-state index contributed by atoms with van der Waals surface area (Å²) >= 11 is 0. The van der Waals surface area contributed by atoms with Crippen LogP contribution in [0.3, 0.4) is 0 Å². The number of carbonyl (C=O) groups excluding carboxylic acids is 2. The Kier molecular flexibility index (Phi) is 8.63. The fourth-order valence-corrected chi connectivity index (χ4v) is 5.27. The number of nitrogens with zero attached hydrogens (tertiary/aromatic N) is 1. The normalized spacial score (nSPS) is 16.1. The van der Waals surface area contributed by atoms with E-state index >= 15 is 0 Å². The van der Waals surface area contributed by atoms with E-state index in [9.17, 15) is 9.59 Å². The molecular formula is C31H40N2O3. The summed E-state index contributed by atoms with van der Waals surface area (Å²) in [7, 11) is 0. The van der Waals surface area contributed by atoms with Crippen LogP contribution in [0.5, 0.6) is 5.75 Å². The molecule has 0 saturated carbocycles. The number of hydrogen-bond acceptors (Lipinski definition) is 4. The molecule has 1 saturated heterocycles. The summed E-state index contributed by atoms with van der Waals surface area (Å²) in [5.74, 6) is 1.08. The predicted molar refractivity (Wildman–Crippen MR) is 146 cm³/mol. The van der Waals surface area contributed by atoms with Gasteiger partial charge in [-0.05, 0) is 80.9 Å². The van der Waals surface area contributed by atoms with Gasteiger partial charge in [0.1, 0.15) is 11.4 Å². The molecule has 0 aromatic heterocycles. The molecule has 1 spiro atoms. The van der Waals surface area contributed by atoms with Crippen LogP contribution < -0.4 is 10.1 Å². The third-order valence-electron chi connectivity index (χ3n) is 7.51. The zero-order chi connectivity index (χ0) is 25.5. The zero-order valence-corrected chi connectivity index (χ0v) is 22.1. The maximum Gasteiger partial charge on any atom is 0.253 e. The first-order valence-corrected chi connectivity index (χ1v) is 13.7. The van der Waals surface area contributed by atoms with Gasteiger partial charge in [-0.15, -0.1) is 0 Å². The summed E-state index contributed by atoms with van der Waals surface area (Å²) in [5.41, 5.74) is 4.18. The highest BCUT2D eigenvalue weighted by atomic mass is 16.5. The van der Waals surface area contributed by atoms with E-state index < -0.39 is 0 Å². The fraction of sp³-hybridized carbons (Fsp3) is 0.484. The number of hydrogen-bond donors (Lipinski definition) is 1. The van der Waals surface area contributed by atoms with E-state index in [0.717, 1.165) is 73.2 Å². The third kappa shape index (κ3) is 5.73. The van der Waals surface area contributed by atoms with Gasteiger partial charge in [0.25, 0.3) is 5.91 Å². The molecule has 0 aliphatic carbocycles. The molecule has 1 fully saturated rings. The molecule has 5 nitrogen and oxygen atoms in total. The lowest BCUT2D eigenvalue weighted by atomic mass is 9.82. The standard InChI is InChI=1S/C31H40N2O3/c1-4-7-8-9-10-28(34)25-15-16-29-26(21-25)27(22-31(36-29)17-19-32-20-18-31)23-11-13-24(14-12-23)30(35)33(5-2)6-3/h11-16,21-22,32H,4-10,17-20H2,1-3H3. The topological polar surface area (TPSA) is 58.6 Å². The number of ether oxygens (including phenoxy) is 1. The van der Waals surface area contributed by atoms with Crippen LogP contribution in [0.1, 0.15) is 97.6 Å². The SMILES string of the molecule is CCCCCCC(=O)c1ccc2c(c1)C(c1ccc(C(=O)N(CC)CC)cc1)=CC1(CCNCC1)O2. The van der Waals surface area contributed by atoms with Crippen LogP contribution in [0.4, 0.5) is 0 Å². The summed E-state index contributed by atoms with van der Waals surface area (Å²) in [4.78, 5) is 27.6. The number of rotatable bonds is 10. The maximum absolute atomic E-state index is 13.0. The van der Waals surface area contributed by atoms with E-state index in [1.165, 1.54) is 6.42 Å². The lowest BCUT2D eigenvalue weighted by molar-refractivity contribution is 0.0772. The van der Waals surface area contributed by atoms with Crippen molar-refractivity contribution in [3.05, 3.63) is 70.8 Å². The average Bonchev–Trinajstić information content (AvgIpc) is 2.91. The Bertz CT molecular complexity index is 1090. The number of Topliss-reactive ketones (excluding diaryl/α,β-unsaturated/α-hetero) is 1. The summed E-state index contributed by atoms with van der Waals surface area (Å²) in [5, 5.41) is 3.43. The van der Waals surface area contributed by atoms with Crippen molar-refractivity contribution < 1.29 is 14.3 Å². The number of nitrogens with one attached hydrogen (secondary N) is 1. The monoisotopic (exact) mass is 488 g/mol. The molecule has 5 heteroatoms. The second-order valence-electron chi connectivity index (χ2n) is 9.97. The van der Waals surface area contributed by atoms with Crippen molar-refractivity contribution in [2.45, 2.75) is 71.3 Å². The van der Waals surface area contributed by atoms with E-state index in [-0.39, 0.29) is 17.3 Å². The second kappa shape index (κ2) is 11.9. The Morgan fingerprint density at radius 2 is 1.61 bits per heavy atom. The van der Waals surface area contributed by atoms with Crippen LogP contribution in [0.15, 0.2) is 48.5 Å². The van der Waals surface area contributed by atoms with Crippen molar-refractivity contribution in [1.82, 2.24) is 10.2 Å². The minimum atomic E-state index is -0.352. The number of ketones is 1. The van der Waals surface area contributed by atoms with Crippen LogP contribution >= 0.6 is 0 Å². The van der Waals surface area contributed by atoms with Crippen molar-refractivity contribution in [3.8, 4) is 5.75 Å². The smallest absolute Gasteiger partial charge is 0.253 e. The van der Waals surface area contributed by atoms with Gasteiger partial charge < -0.3 is 15.0 Å². The molecule has 192 valence electrons. The number of fused-ring (bicyclic) bond motifs is 1. The van der Waals surface area contributed by atoms with Gasteiger partial charge in [0.2, 0.25) is 0 Å². The number of benzene rings is 2. The van der Waals surface area contributed by atoms with E-state index in [1.807, 2.05) is 61.2 Å². The first-order chi connectivity index (χ1) is 17.5. The van der Waals surface area contributed by atoms with Gasteiger partial charge in [-0.2, -0.15) is 0 Å². The number of carbonyl (C=O) groups is 2. The molecule has 2 aliphatic rings. The molecule has 2 aliphatic heterocycles. The van der Waals surface area contributed by atoms with Crippen LogP contribution in [0.25, 0.3) is 5.57 Å². The van der Waals surface area contributed by atoms with E-state index in [0.29, 0.717) is 25.1 Å². The van der Waals surface area contributed by atoms with Crippen LogP contribution in [-0.4, -0.2) is 48.4 Å². The molecule has 36 heavy (non-hydrogen) atoms. The summed E-state index contributed by atoms with van der Waals surface area (Å²) < 4.78 is 6.59. The van der Waals surface area contributed by atoms with Gasteiger partial charge >= 0.3 is 0 Å². The lowest BCUT2D eigenvalue weighted by Crippen LogP contribution is -2.46. The number of unbranched alkanes of at least 4 members (excludes halogenated alkanes) is 3. The van der Waals surface area contributed by atoms with Crippen LogP contribution in [0, 0.1) is 0 Å². The van der Waals surface area contributed by atoms with Crippen molar-refractivity contribution >= 4 is 17.3 Å². The van der Waals surface area contributed by atoms with Gasteiger partial charge in [0.05, 0.1) is 0 Å². The quantitative estimate of drug-likeness (QED) is 0.316. The van der Waals surface area contributed by atoms with Crippen molar-refractivity contribution in [3.63, 3.8) is 0 Å². The Balaban J connectivity index is 1.67. The van der Waals surface area contributed by atoms with E-state index in [2.05, 4.69) is 18.3 Å². The van der Waals surface area contributed by atoms with Gasteiger partial charge in [-0.25, -0.2) is 0 Å². The first kappa shape index (κ1) is 26.2. The number of piperidine rings is 1. The fourth-order valence-electron chi connectivity index (χ4n) is 5.27. The van der Waals surface area contributed by atoms with Crippen molar-refractivity contribution in [2.75, 3.05) is 26.2 Å². The van der Waals surface area contributed by atoms with Gasteiger partial charge in [0.15, 0.2) is 5.78 Å². The molecule has 1 N–H and O–H groups in total. The maximum atomic E-state index is 13.0. The highest BCUT2D eigenvalue weighted by molar-refractivity contribution is 5.99. The minimum Gasteiger partial charge on any atom is -0.482 e.